The van der Waals surface area contributed by atoms with E-state index in [1.165, 1.54) is 29.2 Å². The highest BCUT2D eigenvalue weighted by atomic mass is 35.5. The molecule has 1 N–H and O–H groups in total. The molecule has 0 aliphatic rings. The second-order valence-corrected chi connectivity index (χ2v) is 12.0. The minimum absolute atomic E-state index is 0.0311. The second kappa shape index (κ2) is 12.8. The van der Waals surface area contributed by atoms with Gasteiger partial charge in [0.25, 0.3) is 10.0 Å². The van der Waals surface area contributed by atoms with Crippen molar-refractivity contribution in [3.8, 4) is 0 Å². The van der Waals surface area contributed by atoms with Crippen molar-refractivity contribution in [2.45, 2.75) is 44.3 Å². The Labute approximate surface area is 238 Å². The number of rotatable bonds is 10. The fraction of sp³-hybridized carbons (Fsp3) is 0.259. The monoisotopic (exact) mass is 595 g/mol. The third-order valence-corrected chi connectivity index (χ3v) is 8.31. The third kappa shape index (κ3) is 7.41. The lowest BCUT2D eigenvalue weighted by Crippen LogP contribution is -2.52. The standard InChI is InChI=1S/C27H28Cl3N3O4S/c1-18(2)31-27(35)19(3)32(16-20-9-10-22(29)15-25(20)30)26(34)17-33(23-7-5-4-6-8-23)38(36,37)24-13-11-21(28)12-14-24/h4-15,18-19H,16-17H2,1-3H3,(H,31,35). The maximum atomic E-state index is 13.8. The molecule has 0 bridgehead atoms. The fourth-order valence-electron chi connectivity index (χ4n) is 3.68. The van der Waals surface area contributed by atoms with E-state index in [4.69, 9.17) is 34.8 Å². The van der Waals surface area contributed by atoms with E-state index in [2.05, 4.69) is 5.32 Å². The van der Waals surface area contributed by atoms with E-state index in [1.54, 1.807) is 55.5 Å². The molecule has 202 valence electrons. The number of amides is 2. The topological polar surface area (TPSA) is 86.8 Å². The first-order chi connectivity index (χ1) is 17.9. The van der Waals surface area contributed by atoms with Crippen molar-refractivity contribution < 1.29 is 18.0 Å². The van der Waals surface area contributed by atoms with Gasteiger partial charge < -0.3 is 10.2 Å². The molecule has 3 aromatic carbocycles. The SMILES string of the molecule is CC(C)NC(=O)C(C)N(Cc1ccc(Cl)cc1Cl)C(=O)CN(c1ccccc1)S(=O)(=O)c1ccc(Cl)cc1. The molecule has 7 nitrogen and oxygen atoms in total. The van der Waals surface area contributed by atoms with E-state index in [1.807, 2.05) is 13.8 Å². The lowest BCUT2D eigenvalue weighted by atomic mass is 10.1. The summed E-state index contributed by atoms with van der Waals surface area (Å²) in [5, 5.41) is 3.92. The number of nitrogens with one attached hydrogen (secondary N) is 1. The molecule has 0 heterocycles. The molecule has 0 aromatic heterocycles. The maximum absolute atomic E-state index is 13.8. The van der Waals surface area contributed by atoms with E-state index >= 15 is 0 Å². The first kappa shape index (κ1) is 29.8. The Bertz CT molecular complexity index is 1380. The maximum Gasteiger partial charge on any atom is 0.264 e. The Hall–Kier alpha value is -2.78. The number of hydrogen-bond donors (Lipinski definition) is 1. The summed E-state index contributed by atoms with van der Waals surface area (Å²) in [6.07, 6.45) is 0. The highest BCUT2D eigenvalue weighted by molar-refractivity contribution is 7.92. The van der Waals surface area contributed by atoms with Gasteiger partial charge in [-0.1, -0.05) is 59.1 Å². The molecule has 1 unspecified atom stereocenters. The van der Waals surface area contributed by atoms with Crippen LogP contribution in [-0.4, -0.2) is 43.8 Å². The molecule has 1 atom stereocenters. The van der Waals surface area contributed by atoms with Crippen molar-refractivity contribution in [3.05, 3.63) is 93.4 Å². The van der Waals surface area contributed by atoms with Gasteiger partial charge in [0, 0.05) is 27.7 Å². The van der Waals surface area contributed by atoms with Gasteiger partial charge in [-0.05, 0) is 74.9 Å². The smallest absolute Gasteiger partial charge is 0.264 e. The quantitative estimate of drug-likeness (QED) is 0.321. The molecule has 0 aliphatic carbocycles. The summed E-state index contributed by atoms with van der Waals surface area (Å²) < 4.78 is 28.4. The van der Waals surface area contributed by atoms with E-state index < -0.39 is 28.5 Å². The van der Waals surface area contributed by atoms with E-state index in [0.717, 1.165) is 4.31 Å². The predicted molar refractivity (Wildman–Crippen MR) is 152 cm³/mol. The van der Waals surface area contributed by atoms with Crippen LogP contribution in [0.2, 0.25) is 15.1 Å². The number of halogens is 3. The summed E-state index contributed by atoms with van der Waals surface area (Å²) in [6, 6.07) is 17.7. The van der Waals surface area contributed by atoms with Gasteiger partial charge in [-0.3, -0.25) is 13.9 Å². The van der Waals surface area contributed by atoms with Gasteiger partial charge in [0.05, 0.1) is 10.6 Å². The molecule has 0 radical (unpaired) electrons. The van der Waals surface area contributed by atoms with Crippen LogP contribution in [0.1, 0.15) is 26.3 Å². The fourth-order valence-corrected chi connectivity index (χ4v) is 5.69. The van der Waals surface area contributed by atoms with E-state index in [9.17, 15) is 18.0 Å². The molecular weight excluding hydrogens is 569 g/mol. The van der Waals surface area contributed by atoms with Crippen LogP contribution < -0.4 is 9.62 Å². The zero-order chi connectivity index (χ0) is 28.0. The summed E-state index contributed by atoms with van der Waals surface area (Å²) in [7, 11) is -4.17. The zero-order valence-electron chi connectivity index (χ0n) is 21.1. The Balaban J connectivity index is 2.02. The highest BCUT2D eigenvalue weighted by Crippen LogP contribution is 2.27. The lowest BCUT2D eigenvalue weighted by Gasteiger charge is -2.32. The molecule has 0 spiro atoms. The van der Waals surface area contributed by atoms with E-state index in [0.29, 0.717) is 26.3 Å². The minimum Gasteiger partial charge on any atom is -0.352 e. The van der Waals surface area contributed by atoms with Crippen LogP contribution in [0.4, 0.5) is 5.69 Å². The average Bonchev–Trinajstić information content (AvgIpc) is 2.86. The zero-order valence-corrected chi connectivity index (χ0v) is 24.2. The number of carbonyl (C=O) groups excluding carboxylic acids is 2. The summed E-state index contributed by atoms with van der Waals surface area (Å²) >= 11 is 18.4. The van der Waals surface area contributed by atoms with Crippen molar-refractivity contribution in [1.29, 1.82) is 0 Å². The van der Waals surface area contributed by atoms with E-state index in [-0.39, 0.29) is 23.4 Å². The molecule has 0 fully saturated rings. The number of para-hydroxylation sites is 1. The molecule has 11 heteroatoms. The van der Waals surface area contributed by atoms with Crippen LogP contribution in [0.25, 0.3) is 0 Å². The normalized spacial score (nSPS) is 12.2. The minimum atomic E-state index is -4.17. The number of nitrogens with zero attached hydrogens (tertiary/aromatic N) is 2. The van der Waals surface area contributed by atoms with Crippen LogP contribution in [0.15, 0.2) is 77.7 Å². The number of hydrogen-bond acceptors (Lipinski definition) is 4. The number of benzene rings is 3. The largest absolute Gasteiger partial charge is 0.352 e. The number of carbonyl (C=O) groups is 2. The predicted octanol–water partition coefficient (Wildman–Crippen LogP) is 5.78. The third-order valence-electron chi connectivity index (χ3n) is 5.68. The molecule has 38 heavy (non-hydrogen) atoms. The summed E-state index contributed by atoms with van der Waals surface area (Å²) in [5.41, 5.74) is 0.847. The Morgan fingerprint density at radius 1 is 0.868 bits per heavy atom. The second-order valence-electron chi connectivity index (χ2n) is 8.90. The Kier molecular flexibility index (Phi) is 10.1. The molecule has 0 saturated heterocycles. The van der Waals surface area contributed by atoms with Gasteiger partial charge in [-0.25, -0.2) is 8.42 Å². The first-order valence-electron chi connectivity index (χ1n) is 11.8. The average molecular weight is 597 g/mol. The number of sulfonamides is 1. The van der Waals surface area contributed by atoms with Gasteiger partial charge in [0.15, 0.2) is 0 Å². The van der Waals surface area contributed by atoms with Gasteiger partial charge in [0.1, 0.15) is 12.6 Å². The molecule has 0 saturated carbocycles. The molecule has 2 amide bonds. The number of anilines is 1. The molecular formula is C27H28Cl3N3O4S. The van der Waals surface area contributed by atoms with Crippen molar-refractivity contribution in [3.63, 3.8) is 0 Å². The van der Waals surface area contributed by atoms with Crippen molar-refractivity contribution in [2.24, 2.45) is 0 Å². The van der Waals surface area contributed by atoms with Crippen molar-refractivity contribution >= 4 is 62.3 Å². The summed E-state index contributed by atoms with van der Waals surface area (Å²) in [5.74, 6) is -0.978. The highest BCUT2D eigenvalue weighted by Gasteiger charge is 2.33. The van der Waals surface area contributed by atoms with Gasteiger partial charge in [-0.2, -0.15) is 0 Å². The van der Waals surface area contributed by atoms with Gasteiger partial charge in [-0.15, -0.1) is 0 Å². The van der Waals surface area contributed by atoms with Gasteiger partial charge in [0.2, 0.25) is 11.8 Å². The Morgan fingerprint density at radius 2 is 1.47 bits per heavy atom. The molecule has 0 aliphatic heterocycles. The first-order valence-corrected chi connectivity index (χ1v) is 14.3. The van der Waals surface area contributed by atoms with Crippen LogP contribution in [0, 0.1) is 0 Å². The van der Waals surface area contributed by atoms with Crippen molar-refractivity contribution in [1.82, 2.24) is 10.2 Å². The van der Waals surface area contributed by atoms with Gasteiger partial charge >= 0.3 is 0 Å². The molecule has 3 aromatic rings. The lowest BCUT2D eigenvalue weighted by molar-refractivity contribution is -0.139. The van der Waals surface area contributed by atoms with Crippen LogP contribution in [0.5, 0.6) is 0 Å². The molecule has 3 rings (SSSR count). The van der Waals surface area contributed by atoms with Crippen molar-refractivity contribution in [2.75, 3.05) is 10.8 Å². The summed E-state index contributed by atoms with van der Waals surface area (Å²) in [6.45, 7) is 4.61. The Morgan fingerprint density at radius 3 is 2.05 bits per heavy atom. The van der Waals surface area contributed by atoms with Crippen LogP contribution >= 0.6 is 34.8 Å². The van der Waals surface area contributed by atoms with Crippen LogP contribution in [-0.2, 0) is 26.2 Å². The van der Waals surface area contributed by atoms with Crippen LogP contribution in [0.3, 0.4) is 0 Å². The summed E-state index contributed by atoms with van der Waals surface area (Å²) in [4.78, 5) is 28.0.